The van der Waals surface area contributed by atoms with E-state index in [9.17, 15) is 24.0 Å². The average Bonchev–Trinajstić information content (AvgIpc) is 3.83. The van der Waals surface area contributed by atoms with Gasteiger partial charge >= 0.3 is 10.8 Å². The van der Waals surface area contributed by atoms with E-state index in [0.717, 1.165) is 65.6 Å². The summed E-state index contributed by atoms with van der Waals surface area (Å²) < 4.78 is 11.3. The molecule has 0 spiro atoms. The van der Waals surface area contributed by atoms with Crippen molar-refractivity contribution in [3.63, 3.8) is 0 Å². The number of esters is 1. The van der Waals surface area contributed by atoms with E-state index in [2.05, 4.69) is 4.98 Å². The predicted octanol–water partition coefficient (Wildman–Crippen LogP) is 5.34. The van der Waals surface area contributed by atoms with E-state index in [1.54, 1.807) is 55.1 Å². The highest BCUT2D eigenvalue weighted by Crippen LogP contribution is 2.69. The summed E-state index contributed by atoms with van der Waals surface area (Å²) in [7, 11) is 0. The van der Waals surface area contributed by atoms with Crippen LogP contribution in [-0.4, -0.2) is 65.1 Å². The van der Waals surface area contributed by atoms with Crippen LogP contribution in [0.5, 0.6) is 5.75 Å². The fraction of sp³-hybridized carbons (Fsp3) is 0.457. The van der Waals surface area contributed by atoms with Crippen molar-refractivity contribution in [3.8, 4) is 5.75 Å². The van der Waals surface area contributed by atoms with Gasteiger partial charge in [0.2, 0.25) is 11.8 Å². The number of thioether (sulfide) groups is 1. The molecule has 13 heteroatoms. The summed E-state index contributed by atoms with van der Waals surface area (Å²) in [6.07, 6.45) is 3.81. The molecule has 5 aliphatic rings. The number of fused-ring (bicyclic) bond motifs is 9. The monoisotopic (exact) mass is 707 g/mol. The topological polar surface area (TPSA) is 126 Å². The van der Waals surface area contributed by atoms with E-state index in [1.807, 2.05) is 11.0 Å². The number of carbonyl (C=O) groups is 4. The summed E-state index contributed by atoms with van der Waals surface area (Å²) in [6, 6.07) is 11.8. The van der Waals surface area contributed by atoms with Crippen LogP contribution in [0.1, 0.15) is 59.3 Å². The van der Waals surface area contributed by atoms with Crippen molar-refractivity contribution in [2.45, 2.75) is 48.8 Å². The third kappa shape index (κ3) is 5.09. The Morgan fingerprint density at radius 1 is 0.979 bits per heavy atom. The fourth-order valence-electron chi connectivity index (χ4n) is 8.85. The van der Waals surface area contributed by atoms with Gasteiger partial charge in [-0.1, -0.05) is 22.9 Å². The standard InChI is InChI=1S/C35H34ClN3O7S2/c1-2-45-34(43)17-6-9-19(10-7-17)39-32(41)27-21-15-22(28(27)33(39)42)29-26(21)25(30-31(47-29)37-35(44)48-30)20-14-18(36)8-11-23(20)46-16-24(40)38-12-4-3-5-13-38/h6-11,14,21-22,25-29H,2-5,12-13,15-16H2,1H3,(H,37,44)/t21?,22?,25-,26?,27?,28?,29?/m1/s1. The zero-order valence-corrected chi connectivity index (χ0v) is 28.6. The van der Waals surface area contributed by atoms with Crippen LogP contribution in [0.2, 0.25) is 5.02 Å². The number of rotatable bonds is 7. The lowest BCUT2D eigenvalue weighted by Crippen LogP contribution is -2.43. The molecule has 1 aromatic heterocycles. The van der Waals surface area contributed by atoms with Gasteiger partial charge in [0.15, 0.2) is 6.61 Å². The summed E-state index contributed by atoms with van der Waals surface area (Å²) in [5.74, 6) is -1.98. The molecule has 8 rings (SSSR count). The number of likely N-dealkylation sites (tertiary alicyclic amines) is 1. The number of hydrogen-bond acceptors (Lipinski definition) is 9. The van der Waals surface area contributed by atoms with E-state index in [0.29, 0.717) is 22.0 Å². The minimum absolute atomic E-state index is 0.0243. The Kier molecular flexibility index (Phi) is 8.16. The van der Waals surface area contributed by atoms with Crippen LogP contribution in [0.3, 0.4) is 0 Å². The normalized spacial score (nSPS) is 28.7. The van der Waals surface area contributed by atoms with Crippen molar-refractivity contribution in [1.82, 2.24) is 9.88 Å². The van der Waals surface area contributed by atoms with E-state index in [4.69, 9.17) is 21.1 Å². The van der Waals surface area contributed by atoms with E-state index >= 15 is 0 Å². The number of thiazole rings is 1. The molecule has 2 aliphatic carbocycles. The molecule has 48 heavy (non-hydrogen) atoms. The Bertz CT molecular complexity index is 1870. The lowest BCUT2D eigenvalue weighted by molar-refractivity contribution is -0.134. The van der Waals surface area contributed by atoms with Gasteiger partial charge in [0.25, 0.3) is 5.91 Å². The molecule has 3 aliphatic heterocycles. The minimum atomic E-state index is -0.502. The maximum atomic E-state index is 14.2. The number of aromatic amines is 1. The Hall–Kier alpha value is -3.61. The van der Waals surface area contributed by atoms with Crippen LogP contribution < -0.4 is 14.5 Å². The molecule has 0 radical (unpaired) electrons. The number of amides is 3. The zero-order valence-electron chi connectivity index (χ0n) is 26.2. The van der Waals surface area contributed by atoms with E-state index in [1.165, 1.54) is 4.90 Å². The van der Waals surface area contributed by atoms with Crippen molar-refractivity contribution < 1.29 is 28.7 Å². The highest BCUT2D eigenvalue weighted by Gasteiger charge is 2.70. The van der Waals surface area contributed by atoms with Crippen LogP contribution in [0.4, 0.5) is 5.69 Å². The van der Waals surface area contributed by atoms with Gasteiger partial charge in [0.1, 0.15) is 5.75 Å². The van der Waals surface area contributed by atoms with Crippen LogP contribution in [0, 0.1) is 29.6 Å². The number of imide groups is 1. The Morgan fingerprint density at radius 3 is 2.44 bits per heavy atom. The molecule has 3 amide bonds. The number of benzene rings is 2. The molecule has 1 N–H and O–H groups in total. The van der Waals surface area contributed by atoms with Gasteiger partial charge in [-0.15, -0.1) is 11.8 Å². The Labute approximate surface area is 290 Å². The summed E-state index contributed by atoms with van der Waals surface area (Å²) in [4.78, 5) is 73.1. The van der Waals surface area contributed by atoms with Gasteiger partial charge in [0.05, 0.1) is 34.7 Å². The van der Waals surface area contributed by atoms with Crippen LogP contribution in [-0.2, 0) is 19.1 Å². The molecular formula is C35H34ClN3O7S2. The van der Waals surface area contributed by atoms with Gasteiger partial charge in [-0.2, -0.15) is 0 Å². The first kappa shape index (κ1) is 31.6. The van der Waals surface area contributed by atoms with Gasteiger partial charge in [-0.05, 0) is 92.8 Å². The molecule has 3 aromatic rings. The molecule has 4 fully saturated rings. The van der Waals surface area contributed by atoms with Crippen LogP contribution in [0.25, 0.3) is 0 Å². The first-order chi connectivity index (χ1) is 23.2. The second kappa shape index (κ2) is 12.4. The van der Waals surface area contributed by atoms with Gasteiger partial charge < -0.3 is 19.4 Å². The molecule has 2 bridgehead atoms. The van der Waals surface area contributed by atoms with Crippen molar-refractivity contribution in [3.05, 3.63) is 73.2 Å². The largest absolute Gasteiger partial charge is 0.483 e. The van der Waals surface area contributed by atoms with Crippen molar-refractivity contribution >= 4 is 64.1 Å². The molecule has 10 nitrogen and oxygen atoms in total. The molecule has 2 saturated carbocycles. The Balaban J connectivity index is 1.13. The number of anilines is 1. The van der Waals surface area contributed by atoms with Crippen LogP contribution >= 0.6 is 34.7 Å². The number of aromatic nitrogens is 1. The SMILES string of the molecule is CCOC(=O)c1ccc(N2C(=O)C3C4CC(C3C2=O)C2C4Sc3[nH]c(=O)sc3[C@@H]2c2cc(Cl)ccc2OCC(=O)N2CCCCC2)cc1. The van der Waals surface area contributed by atoms with E-state index in [-0.39, 0.29) is 64.7 Å². The van der Waals surface area contributed by atoms with Gasteiger partial charge in [-0.25, -0.2) is 4.79 Å². The van der Waals surface area contributed by atoms with Crippen LogP contribution in [0.15, 0.2) is 52.3 Å². The number of ether oxygens (including phenoxy) is 2. The number of piperidine rings is 1. The molecule has 4 heterocycles. The molecule has 250 valence electrons. The summed E-state index contributed by atoms with van der Waals surface area (Å²) in [5, 5.41) is 1.26. The zero-order chi connectivity index (χ0) is 33.3. The van der Waals surface area contributed by atoms with Gasteiger partial charge in [0, 0.05) is 39.7 Å². The lowest BCUT2D eigenvalue weighted by atomic mass is 9.68. The van der Waals surface area contributed by atoms with Crippen molar-refractivity contribution in [2.24, 2.45) is 29.6 Å². The molecule has 6 unspecified atom stereocenters. The third-order valence-electron chi connectivity index (χ3n) is 10.7. The molecular weight excluding hydrogens is 674 g/mol. The second-order valence-corrected chi connectivity index (χ2v) is 15.8. The summed E-state index contributed by atoms with van der Waals surface area (Å²) in [6.45, 7) is 3.33. The number of halogens is 1. The average molecular weight is 708 g/mol. The smallest absolute Gasteiger partial charge is 0.338 e. The number of hydrogen-bond donors (Lipinski definition) is 1. The van der Waals surface area contributed by atoms with Gasteiger partial charge in [-0.3, -0.25) is 24.1 Å². The molecule has 7 atom stereocenters. The number of H-pyrrole nitrogens is 1. The highest BCUT2D eigenvalue weighted by molar-refractivity contribution is 8.00. The maximum Gasteiger partial charge on any atom is 0.338 e. The third-order valence-corrected chi connectivity index (χ3v) is 13.6. The maximum absolute atomic E-state index is 14.2. The fourth-order valence-corrected chi connectivity index (χ4v) is 11.9. The number of nitrogens with zero attached hydrogens (tertiary/aromatic N) is 2. The van der Waals surface area contributed by atoms with Crippen molar-refractivity contribution in [1.29, 1.82) is 0 Å². The second-order valence-electron chi connectivity index (χ2n) is 13.2. The summed E-state index contributed by atoms with van der Waals surface area (Å²) in [5.41, 5.74) is 1.57. The number of carbonyl (C=O) groups excluding carboxylic acids is 4. The van der Waals surface area contributed by atoms with E-state index < -0.39 is 17.8 Å². The minimum Gasteiger partial charge on any atom is -0.483 e. The lowest BCUT2D eigenvalue weighted by Gasteiger charge is -2.43. The summed E-state index contributed by atoms with van der Waals surface area (Å²) >= 11 is 9.36. The highest BCUT2D eigenvalue weighted by atomic mass is 35.5. The molecule has 2 aromatic carbocycles. The first-order valence-electron chi connectivity index (χ1n) is 16.5. The first-order valence-corrected chi connectivity index (χ1v) is 18.6. The Morgan fingerprint density at radius 2 is 1.71 bits per heavy atom. The predicted molar refractivity (Wildman–Crippen MR) is 181 cm³/mol. The number of nitrogens with one attached hydrogen (secondary N) is 1. The molecule has 2 saturated heterocycles. The quantitative estimate of drug-likeness (QED) is 0.258. The van der Waals surface area contributed by atoms with Crippen molar-refractivity contribution in [2.75, 3.05) is 31.2 Å².